The second-order valence-electron chi connectivity index (χ2n) is 2.10. The molecule has 0 aromatic heterocycles. The van der Waals surface area contributed by atoms with Gasteiger partial charge in [0.15, 0.2) is 0 Å². The van der Waals surface area contributed by atoms with Crippen molar-refractivity contribution in [2.75, 3.05) is 0 Å². The Kier molecular flexibility index (Phi) is 3.88. The average Bonchev–Trinajstić information content (AvgIpc) is 1.86. The molecule has 0 aliphatic rings. The second-order valence-corrected chi connectivity index (χ2v) is 2.10. The van der Waals surface area contributed by atoms with Gasteiger partial charge < -0.3 is 12.9 Å². The maximum atomic E-state index is 12.4. The fourth-order valence-electron chi connectivity index (χ4n) is 0.741. The molecule has 12 heavy (non-hydrogen) atoms. The van der Waals surface area contributed by atoms with Gasteiger partial charge in [-0.3, -0.25) is 0 Å². The van der Waals surface area contributed by atoms with Gasteiger partial charge in [0.05, 0.1) is 5.82 Å². The molecule has 1 rings (SSSR count). The van der Waals surface area contributed by atoms with Gasteiger partial charge in [-0.1, -0.05) is 23.7 Å². The maximum Gasteiger partial charge on any atom is 1.00 e. The van der Waals surface area contributed by atoms with E-state index < -0.39 is 18.3 Å². The fourth-order valence-corrected chi connectivity index (χ4v) is 0.741. The van der Waals surface area contributed by atoms with Crippen LogP contribution in [0.2, 0.25) is 0 Å². The molecule has 0 amide bonds. The summed E-state index contributed by atoms with van der Waals surface area (Å²) in [6, 6.07) is 3.91. The average molecular weight is 170 g/mol. The normalized spacial score (nSPS) is 10.7. The van der Waals surface area contributed by atoms with Crippen LogP contribution in [0.5, 0.6) is 0 Å². The topological polar surface area (TPSA) is 0 Å². The van der Waals surface area contributed by atoms with Crippen LogP contribution < -0.4 is 24.3 Å². The zero-order valence-corrected chi connectivity index (χ0v) is 6.40. The van der Waals surface area contributed by atoms with Crippen molar-refractivity contribution in [1.82, 2.24) is 0 Å². The fraction of sp³-hybridized carbons (Fsp3) is 0. The molecular weight excluding hydrogens is 166 g/mol. The van der Waals surface area contributed by atoms with Crippen LogP contribution in [0.1, 0.15) is 0 Å². The summed E-state index contributed by atoms with van der Waals surface area (Å²) in [6.07, 6.45) is 0. The summed E-state index contributed by atoms with van der Waals surface area (Å²) >= 11 is 0. The predicted molar refractivity (Wildman–Crippen MR) is 35.1 cm³/mol. The summed E-state index contributed by atoms with van der Waals surface area (Å²) in [5.41, 5.74) is -1.16. The van der Waals surface area contributed by atoms with Gasteiger partial charge in [-0.05, 0) is 6.07 Å². The Morgan fingerprint density at radius 3 is 1.83 bits per heavy atom. The smallest absolute Gasteiger partial charge is 0.445 e. The van der Waals surface area contributed by atoms with Gasteiger partial charge in [-0.25, -0.2) is 4.39 Å². The van der Waals surface area contributed by atoms with Crippen LogP contribution in [0, 0.1) is 5.82 Å². The van der Waals surface area contributed by atoms with Gasteiger partial charge in [-0.2, -0.15) is 0 Å². The van der Waals surface area contributed by atoms with Crippen LogP contribution in [-0.2, 0) is 0 Å². The van der Waals surface area contributed by atoms with Crippen LogP contribution in [0.15, 0.2) is 24.3 Å². The molecule has 60 valence electrons. The van der Waals surface area contributed by atoms with Crippen LogP contribution in [0.4, 0.5) is 17.3 Å². The summed E-state index contributed by atoms with van der Waals surface area (Å²) in [5.74, 6) is -1.21. The van der Waals surface area contributed by atoms with Crippen molar-refractivity contribution in [2.24, 2.45) is 0 Å². The van der Waals surface area contributed by atoms with E-state index in [1.165, 1.54) is 6.07 Å². The van der Waals surface area contributed by atoms with E-state index in [1.54, 1.807) is 0 Å². The van der Waals surface area contributed by atoms with Gasteiger partial charge in [0.25, 0.3) is 0 Å². The SMILES string of the molecule is Fc1ccccc1[B-](F)(F)F.[Li+]. The molecule has 1 aromatic carbocycles. The van der Waals surface area contributed by atoms with Crippen LogP contribution in [0.25, 0.3) is 0 Å². The number of hydrogen-bond donors (Lipinski definition) is 0. The standard InChI is InChI=1S/C6H4BF4.Li/c8-6-4-2-1-3-5(6)7(9,10)11;/h1-4H;/q-1;+1. The van der Waals surface area contributed by atoms with Crippen molar-refractivity contribution < 1.29 is 36.2 Å². The zero-order valence-electron chi connectivity index (χ0n) is 6.40. The Hall–Kier alpha value is -0.398. The number of rotatable bonds is 1. The molecule has 1 aromatic rings. The predicted octanol–water partition coefficient (Wildman–Crippen LogP) is -1.12. The minimum atomic E-state index is -5.20. The van der Waals surface area contributed by atoms with Crippen molar-refractivity contribution in [3.05, 3.63) is 30.1 Å². The van der Waals surface area contributed by atoms with Gasteiger partial charge in [0.1, 0.15) is 0 Å². The molecule has 0 heterocycles. The van der Waals surface area contributed by atoms with Crippen molar-refractivity contribution in [3.8, 4) is 0 Å². The molecule has 0 aliphatic carbocycles. The Labute approximate surface area is 79.2 Å². The third-order valence-electron chi connectivity index (χ3n) is 1.26. The largest absolute Gasteiger partial charge is 1.00 e. The second kappa shape index (κ2) is 4.02. The van der Waals surface area contributed by atoms with E-state index in [-0.39, 0.29) is 18.9 Å². The van der Waals surface area contributed by atoms with Gasteiger partial charge >= 0.3 is 25.8 Å². The monoisotopic (exact) mass is 170 g/mol. The van der Waals surface area contributed by atoms with E-state index in [4.69, 9.17) is 0 Å². The molecule has 0 aliphatic heterocycles. The Balaban J connectivity index is 0.00000121. The number of benzene rings is 1. The van der Waals surface area contributed by atoms with Crippen molar-refractivity contribution >= 4 is 12.4 Å². The van der Waals surface area contributed by atoms with Crippen LogP contribution in [0.3, 0.4) is 0 Å². The van der Waals surface area contributed by atoms with Gasteiger partial charge in [0, 0.05) is 0 Å². The minimum absolute atomic E-state index is 0. The molecule has 0 nitrogen and oxygen atoms in total. The molecule has 0 saturated carbocycles. The van der Waals surface area contributed by atoms with Crippen molar-refractivity contribution in [2.45, 2.75) is 0 Å². The van der Waals surface area contributed by atoms with E-state index in [0.717, 1.165) is 18.2 Å². The molecular formula is C6H4BF4Li. The summed E-state index contributed by atoms with van der Waals surface area (Å²) in [5, 5.41) is 0. The number of halogens is 4. The van der Waals surface area contributed by atoms with E-state index in [9.17, 15) is 17.3 Å². The van der Waals surface area contributed by atoms with Crippen molar-refractivity contribution in [3.63, 3.8) is 0 Å². The summed E-state index contributed by atoms with van der Waals surface area (Å²) in [4.78, 5) is 0. The zero-order chi connectivity index (χ0) is 8.48. The molecule has 0 N–H and O–H groups in total. The van der Waals surface area contributed by atoms with E-state index in [0.29, 0.717) is 0 Å². The van der Waals surface area contributed by atoms with Gasteiger partial charge in [-0.15, -0.1) is 0 Å². The van der Waals surface area contributed by atoms with E-state index in [1.807, 2.05) is 0 Å². The molecule has 6 heteroatoms. The Morgan fingerprint density at radius 2 is 1.50 bits per heavy atom. The maximum absolute atomic E-state index is 12.4. The third-order valence-corrected chi connectivity index (χ3v) is 1.26. The Bertz CT molecular complexity index is 260. The Morgan fingerprint density at radius 1 is 1.00 bits per heavy atom. The summed E-state index contributed by atoms with van der Waals surface area (Å²) in [7, 11) is 0. The first-order chi connectivity index (χ1) is 5.02. The van der Waals surface area contributed by atoms with Crippen LogP contribution >= 0.6 is 0 Å². The van der Waals surface area contributed by atoms with Gasteiger partial charge in [0.2, 0.25) is 0 Å². The first kappa shape index (κ1) is 11.6. The molecule has 0 atom stereocenters. The molecule has 0 fully saturated rings. The number of hydrogen-bond acceptors (Lipinski definition) is 0. The minimum Gasteiger partial charge on any atom is -0.445 e. The van der Waals surface area contributed by atoms with E-state index in [2.05, 4.69) is 0 Å². The molecule has 0 radical (unpaired) electrons. The first-order valence-electron chi connectivity index (χ1n) is 2.96. The molecule has 0 spiro atoms. The first-order valence-corrected chi connectivity index (χ1v) is 2.96. The molecule has 0 bridgehead atoms. The summed E-state index contributed by atoms with van der Waals surface area (Å²) < 4.78 is 48.0. The molecule has 0 saturated heterocycles. The molecule has 0 unspecified atom stereocenters. The van der Waals surface area contributed by atoms with Crippen molar-refractivity contribution in [1.29, 1.82) is 0 Å². The van der Waals surface area contributed by atoms with E-state index >= 15 is 0 Å². The third kappa shape index (κ3) is 2.58. The van der Waals surface area contributed by atoms with Crippen LogP contribution in [-0.4, -0.2) is 6.98 Å². The quantitative estimate of drug-likeness (QED) is 0.370. The summed E-state index contributed by atoms with van der Waals surface area (Å²) in [6.45, 7) is -5.20.